The summed E-state index contributed by atoms with van der Waals surface area (Å²) in [6.07, 6.45) is 1.91. The summed E-state index contributed by atoms with van der Waals surface area (Å²) >= 11 is 5.76. The van der Waals surface area contributed by atoms with Crippen molar-refractivity contribution in [2.45, 2.75) is 20.3 Å². The number of nitriles is 1. The maximum absolute atomic E-state index is 8.65. The molecular weight excluding hydrogens is 238 g/mol. The molecule has 17 heavy (non-hydrogen) atoms. The maximum Gasteiger partial charge on any atom is 0.224 e. The van der Waals surface area contributed by atoms with Crippen LogP contribution < -0.4 is 10.6 Å². The molecule has 1 aromatic heterocycles. The second kappa shape index (κ2) is 6.26. The van der Waals surface area contributed by atoms with Crippen molar-refractivity contribution in [3.63, 3.8) is 0 Å². The highest BCUT2D eigenvalue weighted by Gasteiger charge is 2.13. The lowest BCUT2D eigenvalue weighted by molar-refractivity contribution is 0.608. The van der Waals surface area contributed by atoms with Crippen molar-refractivity contribution in [3.8, 4) is 6.07 Å². The first kappa shape index (κ1) is 13.5. The molecule has 0 atom stereocenters. The molecule has 5 nitrogen and oxygen atoms in total. The molecule has 92 valence electrons. The second-order valence-corrected chi connectivity index (χ2v) is 4.50. The van der Waals surface area contributed by atoms with Crippen LogP contribution in [0.3, 0.4) is 0 Å². The van der Waals surface area contributed by atoms with Gasteiger partial charge in [0.1, 0.15) is 0 Å². The van der Waals surface area contributed by atoms with Crippen LogP contribution in [0.2, 0.25) is 5.28 Å². The molecule has 6 heteroatoms. The Bertz CT molecular complexity index is 413. The molecule has 0 radical (unpaired) electrons. The minimum Gasteiger partial charge on any atom is -0.394 e. The second-order valence-electron chi connectivity index (χ2n) is 4.17. The summed E-state index contributed by atoms with van der Waals surface area (Å²) in [5.41, 5.74) is 6.31. The van der Waals surface area contributed by atoms with E-state index in [-0.39, 0.29) is 5.28 Å². The molecule has 1 aromatic rings. The van der Waals surface area contributed by atoms with Gasteiger partial charge in [0.2, 0.25) is 5.28 Å². The van der Waals surface area contributed by atoms with E-state index in [0.29, 0.717) is 30.4 Å². The molecule has 0 saturated heterocycles. The molecule has 0 aliphatic heterocycles. The van der Waals surface area contributed by atoms with Crippen LogP contribution in [0, 0.1) is 17.2 Å². The van der Waals surface area contributed by atoms with Crippen LogP contribution >= 0.6 is 11.6 Å². The SMILES string of the molecule is CC(C)CN(CCC#N)c1nc(Cl)ncc1N. The van der Waals surface area contributed by atoms with Gasteiger partial charge in [-0.15, -0.1) is 0 Å². The van der Waals surface area contributed by atoms with Gasteiger partial charge in [0.25, 0.3) is 0 Å². The standard InChI is InChI=1S/C11H16ClN5/c1-8(2)7-17(5-3-4-13)10-9(14)6-15-11(12)16-10/h6,8H,3,5,7,14H2,1-2H3. The molecule has 0 spiro atoms. The predicted molar refractivity (Wildman–Crippen MR) is 68.7 cm³/mol. The van der Waals surface area contributed by atoms with Crippen molar-refractivity contribution < 1.29 is 0 Å². The molecule has 0 bridgehead atoms. The molecule has 0 saturated carbocycles. The fourth-order valence-electron chi connectivity index (χ4n) is 1.52. The molecule has 1 rings (SSSR count). The first-order chi connectivity index (χ1) is 8.04. The quantitative estimate of drug-likeness (QED) is 0.813. The molecule has 0 unspecified atom stereocenters. The largest absolute Gasteiger partial charge is 0.394 e. The van der Waals surface area contributed by atoms with E-state index in [4.69, 9.17) is 22.6 Å². The molecule has 0 fully saturated rings. The molecule has 0 amide bonds. The van der Waals surface area contributed by atoms with Crippen LogP contribution in [0.15, 0.2) is 6.20 Å². The summed E-state index contributed by atoms with van der Waals surface area (Å²) in [4.78, 5) is 9.91. The van der Waals surface area contributed by atoms with Gasteiger partial charge in [0.15, 0.2) is 5.82 Å². The Hall–Kier alpha value is -1.54. The predicted octanol–water partition coefficient (Wildman–Crippen LogP) is 2.09. The van der Waals surface area contributed by atoms with E-state index in [0.717, 1.165) is 6.54 Å². The van der Waals surface area contributed by atoms with Crippen molar-refractivity contribution in [2.24, 2.45) is 5.92 Å². The van der Waals surface area contributed by atoms with E-state index in [1.807, 2.05) is 4.90 Å². The van der Waals surface area contributed by atoms with E-state index in [2.05, 4.69) is 29.9 Å². The number of hydrogen-bond acceptors (Lipinski definition) is 5. The third kappa shape index (κ3) is 4.08. The van der Waals surface area contributed by atoms with Gasteiger partial charge in [0.05, 0.1) is 24.4 Å². The van der Waals surface area contributed by atoms with Gasteiger partial charge >= 0.3 is 0 Å². The van der Waals surface area contributed by atoms with Crippen LogP contribution in [0.1, 0.15) is 20.3 Å². The Labute approximate surface area is 106 Å². The third-order valence-electron chi connectivity index (χ3n) is 2.15. The highest BCUT2D eigenvalue weighted by atomic mass is 35.5. The molecule has 0 aliphatic rings. The average Bonchev–Trinajstić information content (AvgIpc) is 2.27. The maximum atomic E-state index is 8.65. The highest BCUT2D eigenvalue weighted by Crippen LogP contribution is 2.22. The van der Waals surface area contributed by atoms with E-state index < -0.39 is 0 Å². The molecule has 0 aromatic carbocycles. The van der Waals surface area contributed by atoms with Gasteiger partial charge in [-0.2, -0.15) is 10.2 Å². The first-order valence-corrected chi connectivity index (χ1v) is 5.82. The summed E-state index contributed by atoms with van der Waals surface area (Å²) in [7, 11) is 0. The molecule has 2 N–H and O–H groups in total. The number of halogens is 1. The van der Waals surface area contributed by atoms with Crippen molar-refractivity contribution >= 4 is 23.1 Å². The Morgan fingerprint density at radius 2 is 2.29 bits per heavy atom. The number of nitrogens with two attached hydrogens (primary N) is 1. The average molecular weight is 254 g/mol. The minimum atomic E-state index is 0.167. The minimum absolute atomic E-state index is 0.167. The zero-order chi connectivity index (χ0) is 12.8. The zero-order valence-electron chi connectivity index (χ0n) is 10.0. The molecule has 0 aliphatic carbocycles. The number of rotatable bonds is 5. The molecular formula is C11H16ClN5. The van der Waals surface area contributed by atoms with Crippen molar-refractivity contribution in [1.29, 1.82) is 5.26 Å². The number of hydrogen-bond donors (Lipinski definition) is 1. The normalized spacial score (nSPS) is 10.3. The van der Waals surface area contributed by atoms with Crippen molar-refractivity contribution in [3.05, 3.63) is 11.5 Å². The van der Waals surface area contributed by atoms with Gasteiger partial charge in [0, 0.05) is 13.1 Å². The Morgan fingerprint density at radius 1 is 1.59 bits per heavy atom. The summed E-state index contributed by atoms with van der Waals surface area (Å²) in [6, 6.07) is 2.12. The van der Waals surface area contributed by atoms with Crippen LogP contribution in [-0.2, 0) is 0 Å². The lowest BCUT2D eigenvalue weighted by atomic mass is 10.2. The molecule has 1 heterocycles. The van der Waals surface area contributed by atoms with Crippen LogP contribution in [0.25, 0.3) is 0 Å². The van der Waals surface area contributed by atoms with E-state index in [1.54, 1.807) is 0 Å². The van der Waals surface area contributed by atoms with E-state index in [9.17, 15) is 0 Å². The highest BCUT2D eigenvalue weighted by molar-refractivity contribution is 6.28. The van der Waals surface area contributed by atoms with E-state index >= 15 is 0 Å². The summed E-state index contributed by atoms with van der Waals surface area (Å²) in [5.74, 6) is 1.05. The number of nitrogens with zero attached hydrogens (tertiary/aromatic N) is 4. The van der Waals surface area contributed by atoms with Gasteiger partial charge in [-0.05, 0) is 17.5 Å². The van der Waals surface area contributed by atoms with Crippen LogP contribution in [0.4, 0.5) is 11.5 Å². The lowest BCUT2D eigenvalue weighted by Crippen LogP contribution is -2.30. The van der Waals surface area contributed by atoms with Gasteiger partial charge in [-0.25, -0.2) is 4.98 Å². The third-order valence-corrected chi connectivity index (χ3v) is 2.33. The Balaban J connectivity index is 2.94. The summed E-state index contributed by atoms with van der Waals surface area (Å²) in [5, 5.41) is 8.82. The summed E-state index contributed by atoms with van der Waals surface area (Å²) < 4.78 is 0. The Kier molecular flexibility index (Phi) is 4.98. The van der Waals surface area contributed by atoms with Gasteiger partial charge < -0.3 is 10.6 Å². The Morgan fingerprint density at radius 3 is 2.88 bits per heavy atom. The van der Waals surface area contributed by atoms with Crippen LogP contribution in [-0.4, -0.2) is 23.1 Å². The van der Waals surface area contributed by atoms with E-state index in [1.165, 1.54) is 6.20 Å². The van der Waals surface area contributed by atoms with Gasteiger partial charge in [-0.1, -0.05) is 13.8 Å². The monoisotopic (exact) mass is 253 g/mol. The van der Waals surface area contributed by atoms with Crippen molar-refractivity contribution in [2.75, 3.05) is 23.7 Å². The number of anilines is 2. The van der Waals surface area contributed by atoms with Crippen LogP contribution in [0.5, 0.6) is 0 Å². The zero-order valence-corrected chi connectivity index (χ0v) is 10.8. The summed E-state index contributed by atoms with van der Waals surface area (Å²) in [6.45, 7) is 5.56. The topological polar surface area (TPSA) is 78.8 Å². The fraction of sp³-hybridized carbons (Fsp3) is 0.545. The van der Waals surface area contributed by atoms with Crippen molar-refractivity contribution in [1.82, 2.24) is 9.97 Å². The number of aromatic nitrogens is 2. The number of nitrogen functional groups attached to an aromatic ring is 1. The van der Waals surface area contributed by atoms with Gasteiger partial charge in [-0.3, -0.25) is 0 Å². The first-order valence-electron chi connectivity index (χ1n) is 5.44. The fourth-order valence-corrected chi connectivity index (χ4v) is 1.65. The lowest BCUT2D eigenvalue weighted by Gasteiger charge is -2.25. The smallest absolute Gasteiger partial charge is 0.224 e.